The highest BCUT2D eigenvalue weighted by Gasteiger charge is 2.17. The van der Waals surface area contributed by atoms with Crippen LogP contribution in [0.2, 0.25) is 0 Å². The van der Waals surface area contributed by atoms with E-state index in [1.165, 1.54) is 68.9 Å². The van der Waals surface area contributed by atoms with Crippen LogP contribution in [-0.2, 0) is 0 Å². The highest BCUT2D eigenvalue weighted by atomic mass is 15.1. The lowest BCUT2D eigenvalue weighted by atomic mass is 9.87. The third kappa shape index (κ3) is 1.63. The van der Waals surface area contributed by atoms with Crippen LogP contribution in [-0.4, -0.2) is 19.0 Å². The van der Waals surface area contributed by atoms with Crippen molar-refractivity contribution in [3.63, 3.8) is 0 Å². The van der Waals surface area contributed by atoms with Crippen LogP contribution in [0, 0.1) is 0 Å². The first-order chi connectivity index (χ1) is 13.7. The van der Waals surface area contributed by atoms with Gasteiger partial charge in [-0.15, -0.1) is 0 Å². The summed E-state index contributed by atoms with van der Waals surface area (Å²) in [6.45, 7) is 0. The van der Waals surface area contributed by atoms with Crippen LogP contribution in [0.4, 0.5) is 0 Å². The third-order valence-electron chi connectivity index (χ3n) is 6.48. The van der Waals surface area contributed by atoms with E-state index in [1.807, 2.05) is 0 Å². The molecule has 7 rings (SSSR count). The van der Waals surface area contributed by atoms with E-state index in [4.69, 9.17) is 0 Å². The van der Waals surface area contributed by atoms with Crippen LogP contribution >= 0.6 is 0 Å². The first-order valence-corrected chi connectivity index (χ1v) is 9.84. The molecule has 0 aliphatic carbocycles. The SMILES string of the molecule is CN1C=c2ccc3c4ccc5c6c(ccc(c7ccc(c2c37)=C1)c64)=C[NH+](C)C=5. The van der Waals surface area contributed by atoms with Gasteiger partial charge in [-0.2, -0.15) is 0 Å². The van der Waals surface area contributed by atoms with E-state index in [-0.39, 0.29) is 0 Å². The minimum atomic E-state index is 1.31. The molecule has 28 heavy (non-hydrogen) atoms. The fraction of sp³-hybridized carbons (Fsp3) is 0.0769. The maximum Gasteiger partial charge on any atom is 0.107 e. The third-order valence-corrected chi connectivity index (χ3v) is 6.48. The lowest BCUT2D eigenvalue weighted by Gasteiger charge is -2.19. The van der Waals surface area contributed by atoms with Gasteiger partial charge in [-0.1, -0.05) is 36.4 Å². The van der Waals surface area contributed by atoms with Crippen molar-refractivity contribution in [3.8, 4) is 0 Å². The van der Waals surface area contributed by atoms with E-state index in [0.717, 1.165) is 0 Å². The van der Waals surface area contributed by atoms with Crippen molar-refractivity contribution in [2.24, 2.45) is 0 Å². The number of nitrogens with one attached hydrogen (secondary N) is 1. The topological polar surface area (TPSA) is 7.68 Å². The molecule has 0 fully saturated rings. The Labute approximate surface area is 161 Å². The van der Waals surface area contributed by atoms with Crippen molar-refractivity contribution in [1.29, 1.82) is 0 Å². The number of fused-ring (bicyclic) bond motifs is 2. The van der Waals surface area contributed by atoms with Gasteiger partial charge >= 0.3 is 0 Å². The van der Waals surface area contributed by atoms with E-state index < -0.39 is 0 Å². The fourth-order valence-electron chi connectivity index (χ4n) is 5.46. The first kappa shape index (κ1) is 14.7. The molecule has 2 heteroatoms. The molecule has 5 aromatic rings. The van der Waals surface area contributed by atoms with Gasteiger partial charge in [0, 0.05) is 40.7 Å². The molecule has 0 spiro atoms. The first-order valence-electron chi connectivity index (χ1n) is 9.84. The Morgan fingerprint density at radius 2 is 0.929 bits per heavy atom. The molecule has 2 aliphatic rings. The van der Waals surface area contributed by atoms with Gasteiger partial charge in [0.2, 0.25) is 0 Å². The van der Waals surface area contributed by atoms with E-state index in [0.29, 0.717) is 0 Å². The number of rotatable bonds is 0. The van der Waals surface area contributed by atoms with Gasteiger partial charge in [0.05, 0.1) is 7.05 Å². The van der Waals surface area contributed by atoms with Crippen LogP contribution in [0.15, 0.2) is 48.5 Å². The molecule has 0 saturated carbocycles. The molecule has 0 amide bonds. The maximum atomic E-state index is 2.33. The van der Waals surface area contributed by atoms with E-state index >= 15 is 0 Å². The zero-order chi connectivity index (χ0) is 18.6. The molecule has 0 bridgehead atoms. The Morgan fingerprint density at radius 1 is 0.536 bits per heavy atom. The monoisotopic (exact) mass is 359 g/mol. The normalized spacial score (nSPS) is 15.7. The molecule has 2 heterocycles. The van der Waals surface area contributed by atoms with Crippen LogP contribution in [0.3, 0.4) is 0 Å². The molecule has 0 aromatic heterocycles. The Bertz CT molecular complexity index is 1490. The minimum absolute atomic E-state index is 1.31. The molecule has 132 valence electrons. The lowest BCUT2D eigenvalue weighted by Crippen LogP contribution is -2.99. The van der Waals surface area contributed by atoms with Gasteiger partial charge < -0.3 is 4.90 Å². The zero-order valence-electron chi connectivity index (χ0n) is 15.9. The highest BCUT2D eigenvalue weighted by Crippen LogP contribution is 2.36. The predicted octanol–water partition coefficient (Wildman–Crippen LogP) is 1.16. The minimum Gasteiger partial charge on any atom is -0.356 e. The van der Waals surface area contributed by atoms with Gasteiger partial charge in [0.15, 0.2) is 0 Å². The van der Waals surface area contributed by atoms with Crippen molar-refractivity contribution in [3.05, 3.63) is 69.4 Å². The average molecular weight is 359 g/mol. The van der Waals surface area contributed by atoms with E-state index in [9.17, 15) is 0 Å². The van der Waals surface area contributed by atoms with Gasteiger partial charge in [0.1, 0.15) is 12.4 Å². The van der Waals surface area contributed by atoms with E-state index in [2.05, 4.69) is 92.3 Å². The maximum absolute atomic E-state index is 2.33. The second-order valence-electron chi connectivity index (χ2n) is 8.27. The second kappa shape index (κ2) is 4.73. The predicted molar refractivity (Wildman–Crippen MR) is 119 cm³/mol. The molecule has 0 saturated heterocycles. The summed E-state index contributed by atoms with van der Waals surface area (Å²) in [5.74, 6) is 0. The molecule has 2 aliphatic heterocycles. The average Bonchev–Trinajstić information content (AvgIpc) is 2.69. The number of nitrogens with zero attached hydrogens (tertiary/aromatic N) is 1. The van der Waals surface area contributed by atoms with Crippen molar-refractivity contribution in [2.75, 3.05) is 14.1 Å². The summed E-state index contributed by atoms with van der Waals surface area (Å²) in [6.07, 6.45) is 9.08. The summed E-state index contributed by atoms with van der Waals surface area (Å²) in [5.41, 5.74) is 0. The largest absolute Gasteiger partial charge is 0.356 e. The molecule has 5 aromatic carbocycles. The summed E-state index contributed by atoms with van der Waals surface area (Å²) in [5, 5.41) is 16.4. The fourth-order valence-corrected chi connectivity index (χ4v) is 5.46. The summed E-state index contributed by atoms with van der Waals surface area (Å²) in [7, 11) is 4.29. The van der Waals surface area contributed by atoms with Crippen molar-refractivity contribution >= 4 is 67.9 Å². The van der Waals surface area contributed by atoms with Crippen molar-refractivity contribution in [2.45, 2.75) is 0 Å². The second-order valence-corrected chi connectivity index (χ2v) is 8.27. The summed E-state index contributed by atoms with van der Waals surface area (Å²) >= 11 is 0. The van der Waals surface area contributed by atoms with Crippen molar-refractivity contribution in [1.82, 2.24) is 4.90 Å². The molecule has 1 N–H and O–H groups in total. The summed E-state index contributed by atoms with van der Waals surface area (Å²) < 4.78 is 0. The van der Waals surface area contributed by atoms with Gasteiger partial charge in [0.25, 0.3) is 0 Å². The molecule has 2 nitrogen and oxygen atoms in total. The Kier molecular flexibility index (Phi) is 2.48. The lowest BCUT2D eigenvalue weighted by molar-refractivity contribution is -0.701. The Balaban J connectivity index is 1.87. The highest BCUT2D eigenvalue weighted by molar-refractivity contribution is 6.33. The van der Waals surface area contributed by atoms with Crippen LogP contribution in [0.25, 0.3) is 67.9 Å². The molecule has 0 radical (unpaired) electrons. The number of hydrogen-bond donors (Lipinski definition) is 1. The molecular formula is C26H19N2+. The zero-order valence-corrected chi connectivity index (χ0v) is 15.9. The summed E-state index contributed by atoms with van der Waals surface area (Å²) in [6, 6.07) is 18.5. The van der Waals surface area contributed by atoms with Crippen LogP contribution < -0.4 is 25.8 Å². The van der Waals surface area contributed by atoms with Gasteiger partial charge in [-0.3, -0.25) is 4.90 Å². The van der Waals surface area contributed by atoms with Crippen LogP contribution in [0.5, 0.6) is 0 Å². The standard InChI is InChI=1S/C26H18N2/c1-27-11-15-3-7-19-21-9-5-17-13-28(2)14-18-6-10-22(26(21)24(17)18)20-8-4-16(12-27)23(15)25(19)20/h3-14H,1-2H3/p+1. The number of hydrogen-bond acceptors (Lipinski definition) is 1. The smallest absolute Gasteiger partial charge is 0.107 e. The molecular weight excluding hydrogens is 340 g/mol. The van der Waals surface area contributed by atoms with Gasteiger partial charge in [-0.25, -0.2) is 0 Å². The summed E-state index contributed by atoms with van der Waals surface area (Å²) in [4.78, 5) is 3.48. The van der Waals surface area contributed by atoms with E-state index in [1.54, 1.807) is 0 Å². The van der Waals surface area contributed by atoms with Crippen molar-refractivity contribution < 1.29 is 4.90 Å². The Hall–Kier alpha value is -3.36. The molecule has 0 atom stereocenters. The quantitative estimate of drug-likeness (QED) is 0.322. The Morgan fingerprint density at radius 3 is 1.39 bits per heavy atom. The number of benzene rings is 5. The van der Waals surface area contributed by atoms with Crippen LogP contribution in [0.1, 0.15) is 0 Å². The number of quaternary nitrogens is 1. The molecule has 0 unspecified atom stereocenters. The van der Waals surface area contributed by atoms with Gasteiger partial charge in [-0.05, 0) is 54.9 Å².